The molecule has 0 saturated heterocycles. The van der Waals surface area contributed by atoms with Crippen LogP contribution in [-0.4, -0.2) is 39.7 Å². The topological polar surface area (TPSA) is 99.4 Å². The molecule has 2 atom stereocenters. The van der Waals surface area contributed by atoms with Crippen LogP contribution in [0.25, 0.3) is 6.08 Å². The van der Waals surface area contributed by atoms with Crippen molar-refractivity contribution in [3.8, 4) is 23.0 Å². The predicted octanol–water partition coefficient (Wildman–Crippen LogP) is 1.98. The zero-order valence-corrected chi connectivity index (χ0v) is 12.8. The lowest BCUT2D eigenvalue weighted by Gasteiger charge is -2.33. The first-order chi connectivity index (χ1) is 11.6. The van der Waals surface area contributed by atoms with Crippen LogP contribution in [0.15, 0.2) is 42.5 Å². The highest BCUT2D eigenvalue weighted by atomic mass is 16.6. The van der Waals surface area contributed by atoms with E-state index in [2.05, 4.69) is 0 Å². The monoisotopic (exact) mass is 330 g/mol. The molecule has 0 radical (unpaired) electrons. The highest BCUT2D eigenvalue weighted by molar-refractivity contribution is 5.56. The van der Waals surface area contributed by atoms with Gasteiger partial charge in [0.2, 0.25) is 0 Å². The van der Waals surface area contributed by atoms with Gasteiger partial charge in [0.05, 0.1) is 13.2 Å². The number of hydrogen-bond acceptors (Lipinski definition) is 6. The Morgan fingerprint density at radius 3 is 2.46 bits per heavy atom. The van der Waals surface area contributed by atoms with Gasteiger partial charge in [0.25, 0.3) is 0 Å². The minimum Gasteiger partial charge on any atom is -0.504 e. The van der Waals surface area contributed by atoms with Crippen molar-refractivity contribution in [2.45, 2.75) is 12.2 Å². The third kappa shape index (κ3) is 3.15. The number of aliphatic hydroxyl groups excluding tert-OH is 2. The summed E-state index contributed by atoms with van der Waals surface area (Å²) in [6, 6.07) is 9.66. The van der Waals surface area contributed by atoms with Crippen LogP contribution in [0.1, 0.15) is 17.2 Å². The summed E-state index contributed by atoms with van der Waals surface area (Å²) in [6.07, 6.45) is 2.09. The smallest absolute Gasteiger partial charge is 0.163 e. The Morgan fingerprint density at radius 2 is 1.75 bits per heavy atom. The molecule has 0 amide bonds. The van der Waals surface area contributed by atoms with Crippen molar-refractivity contribution in [3.05, 3.63) is 53.6 Å². The molecule has 0 spiro atoms. The van der Waals surface area contributed by atoms with Crippen LogP contribution in [-0.2, 0) is 0 Å². The van der Waals surface area contributed by atoms with Gasteiger partial charge in [0.15, 0.2) is 35.2 Å². The number of fused-ring (bicyclic) bond motifs is 1. The number of aromatic hydroxyl groups is 2. The van der Waals surface area contributed by atoms with E-state index in [0.717, 1.165) is 5.56 Å². The molecule has 1 aliphatic heterocycles. The second-order valence-corrected chi connectivity index (χ2v) is 5.42. The van der Waals surface area contributed by atoms with Gasteiger partial charge in [-0.3, -0.25) is 0 Å². The average molecular weight is 330 g/mol. The number of hydrogen-bond donors (Lipinski definition) is 4. The second kappa shape index (κ2) is 6.82. The van der Waals surface area contributed by atoms with Crippen LogP contribution in [0.2, 0.25) is 0 Å². The molecular formula is C18H18O6. The maximum Gasteiger partial charge on any atom is 0.163 e. The van der Waals surface area contributed by atoms with Crippen LogP contribution in [0.3, 0.4) is 0 Å². The molecule has 1 aliphatic rings. The quantitative estimate of drug-likeness (QED) is 0.640. The second-order valence-electron chi connectivity index (χ2n) is 5.42. The van der Waals surface area contributed by atoms with Gasteiger partial charge >= 0.3 is 0 Å². The third-order valence-corrected chi connectivity index (χ3v) is 3.76. The van der Waals surface area contributed by atoms with E-state index in [-0.39, 0.29) is 24.7 Å². The summed E-state index contributed by atoms with van der Waals surface area (Å²) in [5, 5.41) is 37.6. The molecule has 0 aromatic heterocycles. The van der Waals surface area contributed by atoms with Crippen LogP contribution in [0.5, 0.6) is 23.0 Å². The van der Waals surface area contributed by atoms with Crippen molar-refractivity contribution in [1.82, 2.24) is 0 Å². The Bertz CT molecular complexity index is 755. The van der Waals surface area contributed by atoms with Crippen LogP contribution < -0.4 is 9.47 Å². The summed E-state index contributed by atoms with van der Waals surface area (Å²) < 4.78 is 11.7. The van der Waals surface area contributed by atoms with Gasteiger partial charge in [0.1, 0.15) is 0 Å². The summed E-state index contributed by atoms with van der Waals surface area (Å²) in [7, 11) is 0. The molecule has 0 bridgehead atoms. The first-order valence-electron chi connectivity index (χ1n) is 7.50. The standard InChI is InChI=1S/C18H18O6/c19-7-1-2-11-3-6-15-16(8-11)24-18(17(10-20)23-15)12-4-5-13(21)14(22)9-12/h1-6,8-9,17-22H,7,10H2/b2-1-. The minimum absolute atomic E-state index is 0.0591. The fourth-order valence-corrected chi connectivity index (χ4v) is 2.58. The van der Waals surface area contributed by atoms with E-state index >= 15 is 0 Å². The zero-order chi connectivity index (χ0) is 17.1. The molecule has 2 unspecified atom stereocenters. The van der Waals surface area contributed by atoms with Crippen molar-refractivity contribution in [3.63, 3.8) is 0 Å². The lowest BCUT2D eigenvalue weighted by molar-refractivity contribution is -0.0124. The molecule has 6 heteroatoms. The summed E-state index contributed by atoms with van der Waals surface area (Å²) in [6.45, 7) is -0.325. The van der Waals surface area contributed by atoms with Crippen molar-refractivity contribution in [2.75, 3.05) is 13.2 Å². The van der Waals surface area contributed by atoms with E-state index in [1.54, 1.807) is 30.4 Å². The predicted molar refractivity (Wildman–Crippen MR) is 87.2 cm³/mol. The molecule has 2 aromatic carbocycles. The van der Waals surface area contributed by atoms with E-state index in [0.29, 0.717) is 17.1 Å². The highest BCUT2D eigenvalue weighted by Crippen LogP contribution is 2.41. The lowest BCUT2D eigenvalue weighted by atomic mass is 10.0. The Hall–Kier alpha value is -2.70. The average Bonchev–Trinajstić information content (AvgIpc) is 2.61. The van der Waals surface area contributed by atoms with Crippen LogP contribution >= 0.6 is 0 Å². The molecule has 24 heavy (non-hydrogen) atoms. The van der Waals surface area contributed by atoms with E-state index in [4.69, 9.17) is 14.6 Å². The number of phenols is 2. The lowest BCUT2D eigenvalue weighted by Crippen LogP contribution is -2.36. The highest BCUT2D eigenvalue weighted by Gasteiger charge is 2.33. The van der Waals surface area contributed by atoms with Gasteiger partial charge in [-0.2, -0.15) is 0 Å². The van der Waals surface area contributed by atoms with Crippen LogP contribution in [0.4, 0.5) is 0 Å². The summed E-state index contributed by atoms with van der Waals surface area (Å²) in [5.41, 5.74) is 1.41. The van der Waals surface area contributed by atoms with Gasteiger partial charge in [-0.1, -0.05) is 24.3 Å². The number of rotatable bonds is 4. The summed E-state index contributed by atoms with van der Waals surface area (Å²) in [5.74, 6) is 0.512. The van der Waals surface area contributed by atoms with Gasteiger partial charge in [-0.25, -0.2) is 0 Å². The zero-order valence-electron chi connectivity index (χ0n) is 12.8. The maximum atomic E-state index is 9.68. The SMILES string of the molecule is OC/C=C\c1ccc2c(c1)OC(c1ccc(O)c(O)c1)C(CO)O2. The molecule has 0 fully saturated rings. The fourth-order valence-electron chi connectivity index (χ4n) is 2.58. The molecular weight excluding hydrogens is 312 g/mol. The fraction of sp³-hybridized carbons (Fsp3) is 0.222. The molecule has 0 saturated carbocycles. The first-order valence-corrected chi connectivity index (χ1v) is 7.50. The molecule has 1 heterocycles. The third-order valence-electron chi connectivity index (χ3n) is 3.76. The van der Waals surface area contributed by atoms with Crippen LogP contribution in [0, 0.1) is 0 Å². The van der Waals surface area contributed by atoms with Gasteiger partial charge in [0, 0.05) is 5.56 Å². The number of phenolic OH excluding ortho intramolecular Hbond substituents is 2. The molecule has 4 N–H and O–H groups in total. The number of ether oxygens (including phenoxy) is 2. The van der Waals surface area contributed by atoms with Gasteiger partial charge < -0.3 is 29.9 Å². The van der Waals surface area contributed by atoms with Gasteiger partial charge in [-0.15, -0.1) is 0 Å². The first kappa shape index (κ1) is 16.2. The summed E-state index contributed by atoms with van der Waals surface area (Å²) in [4.78, 5) is 0. The molecule has 3 rings (SSSR count). The maximum absolute atomic E-state index is 9.68. The van der Waals surface area contributed by atoms with Crippen molar-refractivity contribution in [2.24, 2.45) is 0 Å². The molecule has 126 valence electrons. The Kier molecular flexibility index (Phi) is 4.59. The summed E-state index contributed by atoms with van der Waals surface area (Å²) >= 11 is 0. The van der Waals surface area contributed by atoms with E-state index in [1.165, 1.54) is 12.1 Å². The minimum atomic E-state index is -0.639. The molecule has 6 nitrogen and oxygen atoms in total. The van der Waals surface area contributed by atoms with E-state index < -0.39 is 12.2 Å². The van der Waals surface area contributed by atoms with E-state index in [9.17, 15) is 15.3 Å². The van der Waals surface area contributed by atoms with Crippen molar-refractivity contribution < 1.29 is 29.9 Å². The normalized spacial score (nSPS) is 19.6. The number of aliphatic hydroxyl groups is 2. The number of benzene rings is 2. The van der Waals surface area contributed by atoms with E-state index in [1.807, 2.05) is 6.07 Å². The Balaban J connectivity index is 1.94. The molecule has 0 aliphatic carbocycles. The van der Waals surface area contributed by atoms with Crippen molar-refractivity contribution in [1.29, 1.82) is 0 Å². The molecule has 2 aromatic rings. The van der Waals surface area contributed by atoms with Crippen molar-refractivity contribution >= 4 is 6.08 Å². The largest absolute Gasteiger partial charge is 0.504 e. The Labute approximate surface area is 138 Å². The van der Waals surface area contributed by atoms with Gasteiger partial charge in [-0.05, 0) is 29.8 Å². The Morgan fingerprint density at radius 1 is 0.917 bits per heavy atom.